The minimum Gasteiger partial charge on any atom is -0.335 e. The van der Waals surface area contributed by atoms with Gasteiger partial charge in [0.25, 0.3) is 0 Å². The summed E-state index contributed by atoms with van der Waals surface area (Å²) in [6.07, 6.45) is 0. The lowest BCUT2D eigenvalue weighted by molar-refractivity contribution is 0.233. The molecular formula is C15H25N3O. The molecule has 0 aromatic heterocycles. The third-order valence-electron chi connectivity index (χ3n) is 3.32. The number of carbonyl (C=O) groups excluding carboxylic acids is 1. The lowest BCUT2D eigenvalue weighted by Crippen LogP contribution is -2.43. The van der Waals surface area contributed by atoms with E-state index >= 15 is 0 Å². The topological polar surface area (TPSA) is 67.1 Å². The highest BCUT2D eigenvalue weighted by atomic mass is 16.2. The van der Waals surface area contributed by atoms with Crippen LogP contribution in [0.15, 0.2) is 24.3 Å². The van der Waals surface area contributed by atoms with Gasteiger partial charge in [0, 0.05) is 17.8 Å². The Kier molecular flexibility index (Phi) is 4.95. The van der Waals surface area contributed by atoms with E-state index < -0.39 is 0 Å². The first kappa shape index (κ1) is 15.5. The number of nitrogens with two attached hydrogens (primary N) is 1. The fourth-order valence-corrected chi connectivity index (χ4v) is 1.48. The van der Waals surface area contributed by atoms with Crippen LogP contribution >= 0.6 is 0 Å². The minimum atomic E-state index is -0.191. The first-order valence-electron chi connectivity index (χ1n) is 6.63. The Hall–Kier alpha value is -1.55. The van der Waals surface area contributed by atoms with Gasteiger partial charge in [0.05, 0.1) is 0 Å². The average molecular weight is 263 g/mol. The molecule has 2 amide bonds. The third kappa shape index (κ3) is 4.91. The molecule has 0 saturated carbocycles. The van der Waals surface area contributed by atoms with Crippen LogP contribution in [0.2, 0.25) is 0 Å². The number of nitrogens with one attached hydrogen (secondary N) is 2. The summed E-state index contributed by atoms with van der Waals surface area (Å²) in [5, 5.41) is 5.77. The zero-order valence-corrected chi connectivity index (χ0v) is 12.4. The van der Waals surface area contributed by atoms with Gasteiger partial charge in [-0.25, -0.2) is 4.79 Å². The second-order valence-corrected chi connectivity index (χ2v) is 6.10. The number of carbonyl (C=O) groups is 1. The monoisotopic (exact) mass is 263 g/mol. The summed E-state index contributed by atoms with van der Waals surface area (Å²) >= 11 is 0. The summed E-state index contributed by atoms with van der Waals surface area (Å²) in [6.45, 7) is 10.2. The van der Waals surface area contributed by atoms with Crippen molar-refractivity contribution in [3.63, 3.8) is 0 Å². The summed E-state index contributed by atoms with van der Waals surface area (Å²) in [7, 11) is 0. The highest BCUT2D eigenvalue weighted by Crippen LogP contribution is 2.19. The van der Waals surface area contributed by atoms with Crippen LogP contribution in [0.25, 0.3) is 0 Å². The van der Waals surface area contributed by atoms with E-state index in [0.29, 0.717) is 0 Å². The van der Waals surface area contributed by atoms with E-state index in [-0.39, 0.29) is 23.5 Å². The van der Waals surface area contributed by atoms with E-state index in [2.05, 4.69) is 31.4 Å². The van der Waals surface area contributed by atoms with Crippen LogP contribution in [0.4, 0.5) is 10.5 Å². The second kappa shape index (κ2) is 6.06. The Bertz CT molecular complexity index is 435. The molecule has 2 atom stereocenters. The van der Waals surface area contributed by atoms with E-state index in [1.165, 1.54) is 0 Å². The third-order valence-corrected chi connectivity index (χ3v) is 3.32. The van der Waals surface area contributed by atoms with Crippen molar-refractivity contribution in [1.29, 1.82) is 0 Å². The maximum atomic E-state index is 11.9. The lowest BCUT2D eigenvalue weighted by atomic mass is 9.88. The van der Waals surface area contributed by atoms with Crippen molar-refractivity contribution in [1.82, 2.24) is 5.32 Å². The second-order valence-electron chi connectivity index (χ2n) is 6.10. The number of hydrogen-bond donors (Lipinski definition) is 3. The lowest BCUT2D eigenvalue weighted by Gasteiger charge is -2.28. The van der Waals surface area contributed by atoms with Crippen LogP contribution in [0.1, 0.15) is 46.2 Å². The van der Waals surface area contributed by atoms with Gasteiger partial charge in [0.15, 0.2) is 0 Å². The first-order valence-corrected chi connectivity index (χ1v) is 6.63. The molecule has 1 rings (SSSR count). The smallest absolute Gasteiger partial charge is 0.319 e. The van der Waals surface area contributed by atoms with Gasteiger partial charge in [0.1, 0.15) is 0 Å². The minimum absolute atomic E-state index is 0.0327. The Morgan fingerprint density at radius 1 is 1.26 bits per heavy atom. The van der Waals surface area contributed by atoms with Gasteiger partial charge in [0.2, 0.25) is 0 Å². The molecule has 0 spiro atoms. The molecule has 0 heterocycles. The van der Waals surface area contributed by atoms with E-state index in [1.54, 1.807) is 0 Å². The molecule has 1 aromatic rings. The van der Waals surface area contributed by atoms with Crippen molar-refractivity contribution >= 4 is 11.7 Å². The van der Waals surface area contributed by atoms with Gasteiger partial charge in [-0.1, -0.05) is 32.9 Å². The molecule has 106 valence electrons. The van der Waals surface area contributed by atoms with Crippen molar-refractivity contribution in [2.24, 2.45) is 11.1 Å². The normalized spacial score (nSPS) is 14.6. The van der Waals surface area contributed by atoms with Gasteiger partial charge in [-0.05, 0) is 37.0 Å². The summed E-state index contributed by atoms with van der Waals surface area (Å²) in [5.41, 5.74) is 7.61. The van der Waals surface area contributed by atoms with E-state index in [4.69, 9.17) is 5.73 Å². The van der Waals surface area contributed by atoms with Gasteiger partial charge in [-0.3, -0.25) is 0 Å². The Morgan fingerprint density at radius 3 is 2.42 bits per heavy atom. The molecule has 1 aromatic carbocycles. The fourth-order valence-electron chi connectivity index (χ4n) is 1.48. The molecule has 4 N–H and O–H groups in total. The standard InChI is InChI=1S/C15H25N3O/c1-10(16)12-7-6-8-13(9-12)18-14(19)17-11(2)15(3,4)5/h6-11H,16H2,1-5H3,(H2,17,18,19). The Labute approximate surface area is 115 Å². The summed E-state index contributed by atoms with van der Waals surface area (Å²) in [4.78, 5) is 11.9. The number of rotatable bonds is 3. The van der Waals surface area contributed by atoms with Crippen molar-refractivity contribution in [3.05, 3.63) is 29.8 Å². The highest BCUT2D eigenvalue weighted by molar-refractivity contribution is 5.89. The Morgan fingerprint density at radius 2 is 1.89 bits per heavy atom. The van der Waals surface area contributed by atoms with Crippen LogP contribution in [-0.2, 0) is 0 Å². The zero-order valence-electron chi connectivity index (χ0n) is 12.4. The molecule has 0 bridgehead atoms. The van der Waals surface area contributed by atoms with Gasteiger partial charge >= 0.3 is 6.03 Å². The number of hydrogen-bond acceptors (Lipinski definition) is 2. The van der Waals surface area contributed by atoms with Crippen molar-refractivity contribution in [2.45, 2.75) is 46.7 Å². The zero-order chi connectivity index (χ0) is 14.6. The fraction of sp³-hybridized carbons (Fsp3) is 0.533. The number of urea groups is 1. The predicted octanol–water partition coefficient (Wildman–Crippen LogP) is 3.26. The molecule has 4 nitrogen and oxygen atoms in total. The van der Waals surface area contributed by atoms with Crippen LogP contribution in [0, 0.1) is 5.41 Å². The molecule has 19 heavy (non-hydrogen) atoms. The molecule has 4 heteroatoms. The molecule has 0 aliphatic rings. The van der Waals surface area contributed by atoms with Crippen molar-refractivity contribution in [2.75, 3.05) is 5.32 Å². The molecule has 0 fully saturated rings. The van der Waals surface area contributed by atoms with Crippen LogP contribution in [0.3, 0.4) is 0 Å². The van der Waals surface area contributed by atoms with Crippen LogP contribution in [0.5, 0.6) is 0 Å². The maximum absolute atomic E-state index is 11.9. The van der Waals surface area contributed by atoms with Gasteiger partial charge < -0.3 is 16.4 Å². The summed E-state index contributed by atoms with van der Waals surface area (Å²) < 4.78 is 0. The predicted molar refractivity (Wildman–Crippen MR) is 80.1 cm³/mol. The van der Waals surface area contributed by atoms with Crippen LogP contribution in [-0.4, -0.2) is 12.1 Å². The Balaban J connectivity index is 2.65. The van der Waals surface area contributed by atoms with Crippen LogP contribution < -0.4 is 16.4 Å². The average Bonchev–Trinajstić information content (AvgIpc) is 2.27. The van der Waals surface area contributed by atoms with Gasteiger partial charge in [-0.15, -0.1) is 0 Å². The van der Waals surface area contributed by atoms with Crippen molar-refractivity contribution < 1.29 is 4.79 Å². The van der Waals surface area contributed by atoms with Crippen molar-refractivity contribution in [3.8, 4) is 0 Å². The number of amides is 2. The number of anilines is 1. The first-order chi connectivity index (χ1) is 8.70. The number of benzene rings is 1. The quantitative estimate of drug-likeness (QED) is 0.783. The largest absolute Gasteiger partial charge is 0.335 e. The van der Waals surface area contributed by atoms with Gasteiger partial charge in [-0.2, -0.15) is 0 Å². The van der Waals surface area contributed by atoms with E-state index in [1.807, 2.05) is 38.1 Å². The maximum Gasteiger partial charge on any atom is 0.319 e. The molecular weight excluding hydrogens is 238 g/mol. The van der Waals surface area contributed by atoms with E-state index in [9.17, 15) is 4.79 Å². The molecule has 0 radical (unpaired) electrons. The molecule has 0 aliphatic carbocycles. The summed E-state index contributed by atoms with van der Waals surface area (Å²) in [5.74, 6) is 0. The highest BCUT2D eigenvalue weighted by Gasteiger charge is 2.21. The molecule has 0 aliphatic heterocycles. The molecule has 2 unspecified atom stereocenters. The summed E-state index contributed by atoms with van der Waals surface area (Å²) in [6, 6.07) is 7.44. The van der Waals surface area contributed by atoms with E-state index in [0.717, 1.165) is 11.3 Å². The molecule has 0 saturated heterocycles. The SMILES string of the molecule is CC(N)c1cccc(NC(=O)NC(C)C(C)(C)C)c1.